The van der Waals surface area contributed by atoms with Crippen LogP contribution >= 0.6 is 0 Å². The summed E-state index contributed by atoms with van der Waals surface area (Å²) in [5, 5.41) is 2.63. The molecule has 5 rings (SSSR count). The van der Waals surface area contributed by atoms with Crippen LogP contribution in [0.15, 0.2) is 48.8 Å². The zero-order chi connectivity index (χ0) is 26.0. The van der Waals surface area contributed by atoms with Crippen molar-refractivity contribution in [2.75, 3.05) is 42.1 Å². The maximum atomic E-state index is 13.0. The lowest BCUT2D eigenvalue weighted by molar-refractivity contribution is -0.137. The molecule has 192 valence electrons. The van der Waals surface area contributed by atoms with Crippen LogP contribution in [-0.4, -0.2) is 62.0 Å². The van der Waals surface area contributed by atoms with E-state index in [-0.39, 0.29) is 24.0 Å². The highest BCUT2D eigenvalue weighted by Crippen LogP contribution is 2.31. The zero-order valence-corrected chi connectivity index (χ0v) is 19.4. The Morgan fingerprint density at radius 2 is 1.89 bits per heavy atom. The summed E-state index contributed by atoms with van der Waals surface area (Å²) < 4.78 is 44.8. The number of nitrogens with zero attached hydrogens (tertiary/aromatic N) is 6. The normalized spacial score (nSPS) is 14.1. The summed E-state index contributed by atoms with van der Waals surface area (Å²) in [5.74, 6) is 1.45. The Balaban J connectivity index is 1.19. The number of carbonyl (C=O) groups excluding carboxylic acids is 1. The van der Waals surface area contributed by atoms with Crippen molar-refractivity contribution in [1.82, 2.24) is 29.8 Å². The summed E-state index contributed by atoms with van der Waals surface area (Å²) in [5.41, 5.74) is 5.96. The number of nitrogens with one attached hydrogen (secondary N) is 2. The van der Waals surface area contributed by atoms with Crippen molar-refractivity contribution in [3.8, 4) is 5.75 Å². The number of H-pyrrole nitrogens is 1. The summed E-state index contributed by atoms with van der Waals surface area (Å²) in [6.45, 7) is 1.97. The van der Waals surface area contributed by atoms with Crippen LogP contribution in [0.5, 0.6) is 5.75 Å². The van der Waals surface area contributed by atoms with Gasteiger partial charge in [0, 0.05) is 38.6 Å². The van der Waals surface area contributed by atoms with E-state index < -0.39 is 17.8 Å². The minimum absolute atomic E-state index is 0.0764. The fourth-order valence-corrected chi connectivity index (χ4v) is 3.92. The standard InChI is InChI=1S/C23H22F3N9O2/c24-23(25,26)14-3-4-16-17(12-14)32-21(31-16)33-22(36)35-10-8-34(9-11-35)19-18(2-1-6-28-19)37-13-15-5-7-29-20(27)30-15/h1-7,12H,8-11,13H2,(H2,27,29,30)(H2,31,32,33,36). The number of aromatic nitrogens is 5. The predicted molar refractivity (Wildman–Crippen MR) is 129 cm³/mol. The van der Waals surface area contributed by atoms with E-state index in [1.807, 2.05) is 4.90 Å². The Bertz CT molecular complexity index is 1420. The average molecular weight is 513 g/mol. The van der Waals surface area contributed by atoms with Crippen LogP contribution in [0.4, 0.5) is 35.7 Å². The number of fused-ring (bicyclic) bond motifs is 1. The number of nitrogen functional groups attached to an aromatic ring is 1. The number of hydrogen-bond acceptors (Lipinski definition) is 8. The second-order valence-corrected chi connectivity index (χ2v) is 8.24. The van der Waals surface area contributed by atoms with Gasteiger partial charge < -0.3 is 25.3 Å². The number of urea groups is 1. The fourth-order valence-electron chi connectivity index (χ4n) is 3.92. The highest BCUT2D eigenvalue weighted by molar-refractivity contribution is 5.90. The third-order valence-corrected chi connectivity index (χ3v) is 5.76. The third-order valence-electron chi connectivity index (χ3n) is 5.76. The number of ether oxygens (including phenoxy) is 1. The van der Waals surface area contributed by atoms with E-state index in [4.69, 9.17) is 10.5 Å². The first-order chi connectivity index (χ1) is 17.8. The largest absolute Gasteiger partial charge is 0.483 e. The molecule has 11 nitrogen and oxygen atoms in total. The number of hydrogen-bond donors (Lipinski definition) is 3. The summed E-state index contributed by atoms with van der Waals surface area (Å²) in [7, 11) is 0. The molecule has 0 unspecified atom stereocenters. The van der Waals surface area contributed by atoms with E-state index in [1.165, 1.54) is 6.07 Å². The number of anilines is 3. The summed E-state index contributed by atoms with van der Waals surface area (Å²) in [6.07, 6.45) is -1.25. The van der Waals surface area contributed by atoms with Crippen LogP contribution in [0.25, 0.3) is 11.0 Å². The summed E-state index contributed by atoms with van der Waals surface area (Å²) >= 11 is 0. The van der Waals surface area contributed by atoms with Crippen molar-refractivity contribution in [2.45, 2.75) is 12.8 Å². The molecule has 0 radical (unpaired) electrons. The number of amides is 2. The lowest BCUT2D eigenvalue weighted by atomic mass is 10.2. The van der Waals surface area contributed by atoms with Crippen LogP contribution in [0.3, 0.4) is 0 Å². The summed E-state index contributed by atoms with van der Waals surface area (Å²) in [4.78, 5) is 35.7. The molecular formula is C23H22F3N9O2. The van der Waals surface area contributed by atoms with Gasteiger partial charge in [0.1, 0.15) is 6.61 Å². The van der Waals surface area contributed by atoms with Crippen LogP contribution in [0.1, 0.15) is 11.3 Å². The minimum Gasteiger partial charge on any atom is -0.483 e. The molecule has 1 aromatic carbocycles. The van der Waals surface area contributed by atoms with Crippen molar-refractivity contribution in [3.63, 3.8) is 0 Å². The lowest BCUT2D eigenvalue weighted by Crippen LogP contribution is -2.50. The van der Waals surface area contributed by atoms with E-state index in [9.17, 15) is 18.0 Å². The topological polar surface area (TPSA) is 138 Å². The molecule has 2 amide bonds. The van der Waals surface area contributed by atoms with Crippen LogP contribution in [-0.2, 0) is 12.8 Å². The minimum atomic E-state index is -4.47. The first kappa shape index (κ1) is 24.1. The Morgan fingerprint density at radius 3 is 2.65 bits per heavy atom. The molecule has 0 bridgehead atoms. The van der Waals surface area contributed by atoms with Crippen molar-refractivity contribution in [3.05, 3.63) is 60.0 Å². The van der Waals surface area contributed by atoms with Crippen molar-refractivity contribution < 1.29 is 22.7 Å². The molecule has 0 saturated carbocycles. The molecule has 1 fully saturated rings. The number of benzene rings is 1. The van der Waals surface area contributed by atoms with Crippen LogP contribution in [0, 0.1) is 0 Å². The lowest BCUT2D eigenvalue weighted by Gasteiger charge is -2.35. The van der Waals surface area contributed by atoms with Gasteiger partial charge in [-0.15, -0.1) is 0 Å². The number of piperazine rings is 1. The number of imidazole rings is 1. The molecule has 1 saturated heterocycles. The molecule has 3 aromatic heterocycles. The maximum absolute atomic E-state index is 13.0. The first-order valence-corrected chi connectivity index (χ1v) is 11.3. The highest BCUT2D eigenvalue weighted by Gasteiger charge is 2.31. The molecular weight excluding hydrogens is 491 g/mol. The first-order valence-electron chi connectivity index (χ1n) is 11.3. The second-order valence-electron chi connectivity index (χ2n) is 8.24. The van der Waals surface area contributed by atoms with Gasteiger partial charge >= 0.3 is 12.2 Å². The van der Waals surface area contributed by atoms with Crippen molar-refractivity contribution in [1.29, 1.82) is 0 Å². The number of alkyl halides is 3. The molecule has 0 atom stereocenters. The van der Waals surface area contributed by atoms with Crippen LogP contribution < -0.4 is 20.7 Å². The number of nitrogens with two attached hydrogens (primary N) is 1. The van der Waals surface area contributed by atoms with Crippen molar-refractivity contribution in [2.24, 2.45) is 0 Å². The van der Waals surface area contributed by atoms with Gasteiger partial charge in [-0.1, -0.05) is 0 Å². The highest BCUT2D eigenvalue weighted by atomic mass is 19.4. The molecule has 14 heteroatoms. The fraction of sp³-hybridized carbons (Fsp3) is 0.261. The van der Waals surface area contributed by atoms with E-state index in [0.717, 1.165) is 12.1 Å². The molecule has 37 heavy (non-hydrogen) atoms. The predicted octanol–water partition coefficient (Wildman–Crippen LogP) is 3.28. The zero-order valence-electron chi connectivity index (χ0n) is 19.4. The van der Waals surface area contributed by atoms with Gasteiger partial charge in [-0.05, 0) is 36.4 Å². The van der Waals surface area contributed by atoms with Crippen molar-refractivity contribution >= 4 is 34.8 Å². The van der Waals surface area contributed by atoms with Gasteiger partial charge in [0.15, 0.2) is 11.6 Å². The molecule has 1 aliphatic rings. The number of carbonyl (C=O) groups is 1. The smallest absolute Gasteiger partial charge is 0.416 e. The van der Waals surface area contributed by atoms with Gasteiger partial charge in [0.05, 0.1) is 22.3 Å². The van der Waals surface area contributed by atoms with E-state index in [2.05, 4.69) is 30.2 Å². The molecule has 1 aliphatic heterocycles. The second kappa shape index (κ2) is 9.79. The Morgan fingerprint density at radius 1 is 1.08 bits per heavy atom. The Hall–Kier alpha value is -4.62. The Labute approximate surface area is 208 Å². The van der Waals surface area contributed by atoms with Gasteiger partial charge in [0.25, 0.3) is 0 Å². The monoisotopic (exact) mass is 513 g/mol. The maximum Gasteiger partial charge on any atom is 0.416 e. The quantitative estimate of drug-likeness (QED) is 0.370. The van der Waals surface area contributed by atoms with Gasteiger partial charge in [-0.25, -0.2) is 24.7 Å². The molecule has 4 aromatic rings. The van der Waals surface area contributed by atoms with E-state index in [1.54, 1.807) is 35.5 Å². The van der Waals surface area contributed by atoms with Gasteiger partial charge in [-0.3, -0.25) is 5.32 Å². The van der Waals surface area contributed by atoms with Gasteiger partial charge in [-0.2, -0.15) is 13.2 Å². The molecule has 0 aliphatic carbocycles. The molecule has 0 spiro atoms. The molecule has 4 N–H and O–H groups in total. The molecule has 4 heterocycles. The number of halogens is 3. The van der Waals surface area contributed by atoms with E-state index in [0.29, 0.717) is 49.0 Å². The summed E-state index contributed by atoms with van der Waals surface area (Å²) in [6, 6.07) is 8.04. The van der Waals surface area contributed by atoms with Crippen LogP contribution in [0.2, 0.25) is 0 Å². The number of pyridine rings is 1. The third kappa shape index (κ3) is 5.47. The van der Waals surface area contributed by atoms with E-state index >= 15 is 0 Å². The number of rotatable bonds is 5. The number of aromatic amines is 1. The SMILES string of the molecule is Nc1nccc(COc2cccnc2N2CCN(C(=O)Nc3nc4ccc(C(F)(F)F)cc4[nH]3)CC2)n1. The Kier molecular flexibility index (Phi) is 6.38. The van der Waals surface area contributed by atoms with Gasteiger partial charge in [0.2, 0.25) is 11.9 Å². The average Bonchev–Trinajstić information content (AvgIpc) is 3.29.